The zero-order valence-electron chi connectivity index (χ0n) is 63.1. The van der Waals surface area contributed by atoms with Gasteiger partial charge < -0.3 is 25.7 Å². The summed E-state index contributed by atoms with van der Waals surface area (Å²) in [5.41, 5.74) is 27.7. The predicted octanol–water partition coefficient (Wildman–Crippen LogP) is 15.3. The van der Waals surface area contributed by atoms with Gasteiger partial charge in [-0.05, 0) is 236 Å². The summed E-state index contributed by atoms with van der Waals surface area (Å²) in [5, 5.41) is 37.7. The van der Waals surface area contributed by atoms with Gasteiger partial charge in [-0.15, -0.1) is 0 Å². The van der Waals surface area contributed by atoms with E-state index in [1.54, 1.807) is 49.5 Å². The molecule has 1 saturated heterocycles. The number of rotatable bonds is 8. The first kappa shape index (κ1) is 75.8. The number of fused-ring (bicyclic) bond motifs is 7. The Balaban J connectivity index is 0.000000113. The SMILES string of the molecule is CC1(C)OB(C2=CCCCC2)OC1(C)C.Cc1cc2ncnn2cc1N.Cc1cc2ncnn2cc1Nc1ncc2c(n1)c(C1=CCCCC1)nn2C.Cc1cc2ncnn2cc1Nc1ncc2c(n1)c(C1CCCCC1)nn2C.Cn1nc(C2=CCCCC2)c2nc(Cl)ncc21.Cn1nc(I)c2nc(Cl)ncc21. The van der Waals surface area contributed by atoms with Crippen molar-refractivity contribution >= 4 is 154 Å². The highest BCUT2D eigenvalue weighted by Crippen LogP contribution is 2.41. The number of aryl methyl sites for hydroxylation is 7. The van der Waals surface area contributed by atoms with Crippen LogP contribution >= 0.6 is 45.8 Å². The molecule has 14 aromatic rings. The van der Waals surface area contributed by atoms with Gasteiger partial charge in [0, 0.05) is 34.1 Å². The molecule has 109 heavy (non-hydrogen) atoms. The van der Waals surface area contributed by atoms with Gasteiger partial charge >= 0.3 is 7.12 Å². The molecule has 15 heterocycles. The lowest BCUT2D eigenvalue weighted by molar-refractivity contribution is 0.00578. The van der Waals surface area contributed by atoms with Gasteiger partial charge in [0.05, 0.1) is 77.3 Å². The minimum absolute atomic E-state index is 0.102. The molecule has 5 aliphatic rings. The molecular formula is C75H88BCl2IN28O2. The summed E-state index contributed by atoms with van der Waals surface area (Å²) in [6.45, 7) is 14.4. The van der Waals surface area contributed by atoms with Crippen molar-refractivity contribution in [2.24, 2.45) is 28.2 Å². The third-order valence-electron chi connectivity index (χ3n) is 20.8. The summed E-state index contributed by atoms with van der Waals surface area (Å²) in [4.78, 5) is 47.3. The van der Waals surface area contributed by atoms with E-state index in [0.29, 0.717) is 17.8 Å². The van der Waals surface area contributed by atoms with Crippen molar-refractivity contribution in [3.63, 3.8) is 0 Å². The topological polar surface area (TPSA) is 334 Å². The third-order valence-corrected chi connectivity index (χ3v) is 21.9. The van der Waals surface area contributed by atoms with Crippen LogP contribution in [0, 0.1) is 24.5 Å². The van der Waals surface area contributed by atoms with E-state index in [4.69, 9.17) is 58.4 Å². The second-order valence-corrected chi connectivity index (χ2v) is 30.7. The van der Waals surface area contributed by atoms with Crippen LogP contribution in [0.1, 0.15) is 177 Å². The summed E-state index contributed by atoms with van der Waals surface area (Å²) in [5.74, 6) is 1.63. The van der Waals surface area contributed by atoms with E-state index >= 15 is 0 Å². The molecule has 0 aromatic carbocycles. The Labute approximate surface area is 653 Å². The minimum atomic E-state index is -0.198. The summed E-state index contributed by atoms with van der Waals surface area (Å²) in [6, 6.07) is 5.88. The van der Waals surface area contributed by atoms with Gasteiger partial charge in [-0.2, -0.15) is 35.7 Å². The highest BCUT2D eigenvalue weighted by molar-refractivity contribution is 14.1. The molecule has 4 aliphatic carbocycles. The van der Waals surface area contributed by atoms with E-state index in [1.165, 1.54) is 100.0 Å². The molecule has 564 valence electrons. The van der Waals surface area contributed by atoms with Crippen LogP contribution in [0.5, 0.6) is 0 Å². The lowest BCUT2D eigenvalue weighted by Crippen LogP contribution is -2.41. The van der Waals surface area contributed by atoms with Gasteiger partial charge in [-0.25, -0.2) is 68.4 Å². The molecule has 1 saturated carbocycles. The van der Waals surface area contributed by atoms with Crippen molar-refractivity contribution < 1.29 is 9.31 Å². The Kier molecular flexibility index (Phi) is 22.7. The number of halogens is 3. The van der Waals surface area contributed by atoms with Crippen molar-refractivity contribution in [3.8, 4) is 0 Å². The Morgan fingerprint density at radius 2 is 0.917 bits per heavy atom. The van der Waals surface area contributed by atoms with Crippen LogP contribution in [0.2, 0.25) is 10.6 Å². The molecule has 4 N–H and O–H groups in total. The van der Waals surface area contributed by atoms with Gasteiger partial charge in [0.2, 0.25) is 22.5 Å². The van der Waals surface area contributed by atoms with E-state index in [-0.39, 0.29) is 28.9 Å². The quantitative estimate of drug-likeness (QED) is 0.0722. The number of hydrogen-bond donors (Lipinski definition) is 3. The fraction of sp³-hybridized carbons (Fsp3) is 0.413. The predicted molar refractivity (Wildman–Crippen MR) is 433 cm³/mol. The molecule has 14 aromatic heterocycles. The Morgan fingerprint density at radius 3 is 1.42 bits per heavy atom. The molecule has 1 aliphatic heterocycles. The molecule has 34 heteroatoms. The van der Waals surface area contributed by atoms with Crippen molar-refractivity contribution in [2.75, 3.05) is 16.4 Å². The number of hydrogen-bond acceptors (Lipinski definition) is 23. The summed E-state index contributed by atoms with van der Waals surface area (Å²) >= 11 is 13.6. The third kappa shape index (κ3) is 16.9. The second kappa shape index (κ2) is 32.7. The van der Waals surface area contributed by atoms with Crippen molar-refractivity contribution in [3.05, 3.63) is 152 Å². The summed E-state index contributed by atoms with van der Waals surface area (Å²) in [7, 11) is 7.56. The lowest BCUT2D eigenvalue weighted by atomic mass is 9.73. The molecule has 19 rings (SSSR count). The van der Waals surface area contributed by atoms with Crippen LogP contribution in [0.15, 0.2) is 104 Å². The van der Waals surface area contributed by atoms with Crippen LogP contribution in [-0.4, -0.2) is 141 Å². The van der Waals surface area contributed by atoms with Crippen LogP contribution in [0.25, 0.3) is 72.2 Å². The minimum Gasteiger partial charge on any atom is -0.400 e. The van der Waals surface area contributed by atoms with Gasteiger partial charge in [0.15, 0.2) is 16.9 Å². The monoisotopic (exact) mass is 1620 g/mol. The van der Waals surface area contributed by atoms with Crippen LogP contribution < -0.4 is 16.4 Å². The zero-order valence-corrected chi connectivity index (χ0v) is 66.8. The number of allylic oxidation sites excluding steroid dienone is 6. The Hall–Kier alpha value is -10.0. The summed E-state index contributed by atoms with van der Waals surface area (Å²) < 4.78 is 25.3. The number of nitrogen functional groups attached to an aromatic ring is 1. The molecule has 0 atom stereocenters. The smallest absolute Gasteiger partial charge is 0.400 e. The number of nitrogens with zero attached hydrogens (tertiary/aromatic N) is 25. The first-order valence-corrected chi connectivity index (χ1v) is 38.7. The Morgan fingerprint density at radius 1 is 0.486 bits per heavy atom. The molecule has 2 fully saturated rings. The van der Waals surface area contributed by atoms with E-state index in [0.717, 1.165) is 148 Å². The number of nitrogens with one attached hydrogen (secondary N) is 2. The van der Waals surface area contributed by atoms with Crippen LogP contribution in [0.3, 0.4) is 0 Å². The fourth-order valence-corrected chi connectivity index (χ4v) is 14.9. The first-order valence-electron chi connectivity index (χ1n) is 36.9. The zero-order chi connectivity index (χ0) is 76.3. The average Bonchev–Trinajstić information content (AvgIpc) is 1.26. The first-order chi connectivity index (χ1) is 52.5. The molecule has 0 radical (unpaired) electrons. The molecule has 0 unspecified atom stereocenters. The maximum Gasteiger partial charge on any atom is 0.490 e. The van der Waals surface area contributed by atoms with Crippen LogP contribution in [-0.2, 0) is 37.5 Å². The Bertz CT molecular complexity index is 5690. The number of aromatic nitrogens is 25. The fourth-order valence-electron chi connectivity index (χ4n) is 13.9. The van der Waals surface area contributed by atoms with E-state index in [1.807, 2.05) is 106 Å². The average molecular weight is 1620 g/mol. The van der Waals surface area contributed by atoms with E-state index in [9.17, 15) is 0 Å². The number of nitrogens with two attached hydrogens (primary N) is 1. The van der Waals surface area contributed by atoms with Gasteiger partial charge in [-0.1, -0.05) is 37.5 Å². The second-order valence-electron chi connectivity index (χ2n) is 29.0. The highest BCUT2D eigenvalue weighted by Gasteiger charge is 2.52. The van der Waals surface area contributed by atoms with Gasteiger partial charge in [-0.3, -0.25) is 18.7 Å². The maximum absolute atomic E-state index is 6.01. The lowest BCUT2D eigenvalue weighted by Gasteiger charge is -2.32. The standard InChI is InChI=1S/C19H22N8.C19H20N8.C12H21BO2.C12H13ClN4.C7H8N4.C6H4ClIN4/c2*1-12-8-16-21-11-22-27(16)10-14(12)23-19-20-9-15-18(24-19)17(25-26(15)2)13-6-4-3-5-7-13;1-11(2)12(3,4)15-13(14-11)10-8-6-5-7-9-10;1-17-9-7-14-12(13)15-11(9)10(16-17)8-5-3-2-4-6-8;1-5-2-7-9-4-10-11(7)3-6(5)8;1-12-3-2-9-6(7)10-4(3)5(8)11-12/h8-11,13H,3-7H2,1-2H3,(H,20,23,24);6,8-11H,3-5,7H2,1-2H3,(H,20,23,24);8H,5-7,9H2,1-4H3;5,7H,2-4,6H2,1H3;2-4H,8H2,1H3;2H,1H3. The highest BCUT2D eigenvalue weighted by atomic mass is 127. The number of anilines is 5. The van der Waals surface area contributed by atoms with E-state index in [2.05, 4.69) is 149 Å². The maximum atomic E-state index is 6.01. The molecule has 0 bridgehead atoms. The van der Waals surface area contributed by atoms with Crippen molar-refractivity contribution in [1.82, 2.24) is 123 Å². The molecule has 30 nitrogen and oxygen atoms in total. The van der Waals surface area contributed by atoms with Crippen LogP contribution in [0.4, 0.5) is 29.0 Å². The molecule has 0 spiro atoms. The largest absolute Gasteiger partial charge is 0.490 e. The van der Waals surface area contributed by atoms with Crippen molar-refractivity contribution in [2.45, 2.75) is 175 Å². The van der Waals surface area contributed by atoms with Gasteiger partial charge in [0.1, 0.15) is 78.2 Å². The van der Waals surface area contributed by atoms with E-state index < -0.39 is 0 Å². The van der Waals surface area contributed by atoms with Crippen molar-refractivity contribution in [1.29, 1.82) is 0 Å². The number of pyridine rings is 3. The molecule has 0 amide bonds. The normalized spacial score (nSPS) is 16.3. The van der Waals surface area contributed by atoms with Gasteiger partial charge in [0.25, 0.3) is 0 Å². The summed E-state index contributed by atoms with van der Waals surface area (Å²) in [6.07, 6.45) is 44.6. The molecular weight excluding hydrogens is 1530 g/mol.